The van der Waals surface area contributed by atoms with Crippen LogP contribution >= 0.6 is 24.0 Å². The van der Waals surface area contributed by atoms with Gasteiger partial charge >= 0.3 is 0 Å². The number of thiocarbonyl (C=S) groups is 1. The van der Waals surface area contributed by atoms with Crippen LogP contribution in [-0.2, 0) is 4.79 Å². The van der Waals surface area contributed by atoms with Crippen LogP contribution in [0.4, 0.5) is 0 Å². The highest BCUT2D eigenvalue weighted by Crippen LogP contribution is 2.33. The summed E-state index contributed by atoms with van der Waals surface area (Å²) >= 11 is 6.67. The second kappa shape index (κ2) is 6.57. The summed E-state index contributed by atoms with van der Waals surface area (Å²) in [7, 11) is 0. The molecule has 3 rings (SSSR count). The van der Waals surface area contributed by atoms with Gasteiger partial charge in [-0.25, -0.2) is 0 Å². The fraction of sp³-hybridized carbons (Fsp3) is 0.263. The quantitative estimate of drug-likeness (QED) is 0.592. The Hall–Kier alpha value is -1.85. The third-order valence-electron chi connectivity index (χ3n) is 4.24. The number of aromatic nitrogens is 1. The number of aryl methyl sites for hydroxylation is 2. The lowest BCUT2D eigenvalue weighted by atomic mass is 10.2. The molecule has 0 atom stereocenters. The molecule has 0 unspecified atom stereocenters. The van der Waals surface area contributed by atoms with Crippen molar-refractivity contribution in [3.63, 3.8) is 0 Å². The third-order valence-corrected chi connectivity index (χ3v) is 5.62. The Morgan fingerprint density at radius 1 is 1.17 bits per heavy atom. The van der Waals surface area contributed by atoms with Gasteiger partial charge in [-0.2, -0.15) is 0 Å². The number of amides is 1. The molecular weight excluding hydrogens is 336 g/mol. The summed E-state index contributed by atoms with van der Waals surface area (Å²) in [5, 5.41) is 0. The second-order valence-corrected chi connectivity index (χ2v) is 7.60. The number of rotatable bonds is 3. The Morgan fingerprint density at radius 2 is 1.83 bits per heavy atom. The molecule has 2 aromatic rings. The van der Waals surface area contributed by atoms with Crippen LogP contribution in [0.1, 0.15) is 29.4 Å². The lowest BCUT2D eigenvalue weighted by Crippen LogP contribution is -2.27. The molecule has 1 fully saturated rings. The van der Waals surface area contributed by atoms with Crippen molar-refractivity contribution in [1.82, 2.24) is 9.47 Å². The first kappa shape index (κ1) is 17.0. The van der Waals surface area contributed by atoms with Crippen molar-refractivity contribution in [2.24, 2.45) is 0 Å². The molecule has 1 saturated heterocycles. The fourth-order valence-electron chi connectivity index (χ4n) is 2.94. The Labute approximate surface area is 152 Å². The van der Waals surface area contributed by atoms with Crippen LogP contribution in [-0.4, -0.2) is 26.2 Å². The third kappa shape index (κ3) is 2.94. The molecule has 1 aliphatic rings. The largest absolute Gasteiger partial charge is 0.318 e. The van der Waals surface area contributed by atoms with Crippen LogP contribution in [0, 0.1) is 20.8 Å². The van der Waals surface area contributed by atoms with E-state index in [1.807, 2.05) is 13.0 Å². The number of thioether (sulfide) groups is 1. The van der Waals surface area contributed by atoms with Gasteiger partial charge in [-0.05, 0) is 57.5 Å². The van der Waals surface area contributed by atoms with Crippen molar-refractivity contribution in [1.29, 1.82) is 0 Å². The van der Waals surface area contributed by atoms with E-state index in [-0.39, 0.29) is 5.91 Å². The summed E-state index contributed by atoms with van der Waals surface area (Å²) in [5.74, 6) is 0.00707. The lowest BCUT2D eigenvalue weighted by Gasteiger charge is -2.10. The molecule has 2 heterocycles. The fourth-order valence-corrected chi connectivity index (χ4v) is 4.31. The molecule has 0 aliphatic carbocycles. The van der Waals surface area contributed by atoms with E-state index in [0.717, 1.165) is 22.6 Å². The van der Waals surface area contributed by atoms with Crippen molar-refractivity contribution < 1.29 is 4.79 Å². The van der Waals surface area contributed by atoms with Crippen molar-refractivity contribution >= 4 is 40.3 Å². The molecule has 0 saturated carbocycles. The van der Waals surface area contributed by atoms with E-state index in [1.165, 1.54) is 17.3 Å². The van der Waals surface area contributed by atoms with Crippen molar-refractivity contribution in [2.45, 2.75) is 27.7 Å². The predicted octanol–water partition coefficient (Wildman–Crippen LogP) is 4.62. The van der Waals surface area contributed by atoms with E-state index in [2.05, 4.69) is 55.7 Å². The number of carbonyl (C=O) groups is 1. The summed E-state index contributed by atoms with van der Waals surface area (Å²) < 4.78 is 2.85. The van der Waals surface area contributed by atoms with Crippen molar-refractivity contribution in [3.05, 3.63) is 57.8 Å². The number of hydrogen-bond acceptors (Lipinski definition) is 3. The molecular formula is C19H20N2OS2. The topological polar surface area (TPSA) is 25.2 Å². The summed E-state index contributed by atoms with van der Waals surface area (Å²) in [6.07, 6.45) is 1.96. The van der Waals surface area contributed by atoms with Crippen LogP contribution in [0.25, 0.3) is 11.8 Å². The number of nitrogens with zero attached hydrogens (tertiary/aromatic N) is 2. The average Bonchev–Trinajstić information content (AvgIpc) is 2.97. The molecule has 3 nitrogen and oxygen atoms in total. The maximum atomic E-state index is 12.4. The molecule has 1 aromatic heterocycles. The van der Waals surface area contributed by atoms with Gasteiger partial charge in [-0.3, -0.25) is 9.69 Å². The van der Waals surface area contributed by atoms with Gasteiger partial charge < -0.3 is 4.57 Å². The maximum Gasteiger partial charge on any atom is 0.266 e. The minimum Gasteiger partial charge on any atom is -0.318 e. The average molecular weight is 357 g/mol. The first-order valence-corrected chi connectivity index (χ1v) is 9.16. The highest BCUT2D eigenvalue weighted by Gasteiger charge is 2.30. The first-order chi connectivity index (χ1) is 11.4. The SMILES string of the molecule is CCN1C(=O)/C(=C\c2cc(C)n(-c3ccc(C)cc3)c2C)SC1=S. The monoisotopic (exact) mass is 356 g/mol. The Balaban J connectivity index is 2.01. The van der Waals surface area contributed by atoms with Crippen LogP contribution < -0.4 is 0 Å². The van der Waals surface area contributed by atoms with E-state index in [9.17, 15) is 4.79 Å². The molecule has 0 spiro atoms. The van der Waals surface area contributed by atoms with E-state index in [0.29, 0.717) is 15.8 Å². The molecule has 0 radical (unpaired) electrons. The molecule has 124 valence electrons. The molecule has 0 N–H and O–H groups in total. The van der Waals surface area contributed by atoms with E-state index in [1.54, 1.807) is 4.90 Å². The Kier molecular flexibility index (Phi) is 4.65. The summed E-state index contributed by atoms with van der Waals surface area (Å²) in [6.45, 7) is 8.81. The minimum atomic E-state index is 0.00707. The summed E-state index contributed by atoms with van der Waals surface area (Å²) in [6, 6.07) is 10.6. The zero-order chi connectivity index (χ0) is 17.4. The second-order valence-electron chi connectivity index (χ2n) is 5.92. The van der Waals surface area contributed by atoms with E-state index in [4.69, 9.17) is 12.2 Å². The molecule has 0 bridgehead atoms. The van der Waals surface area contributed by atoms with Crippen molar-refractivity contribution in [3.8, 4) is 5.69 Å². The van der Waals surface area contributed by atoms with Gasteiger partial charge in [0.25, 0.3) is 5.91 Å². The first-order valence-electron chi connectivity index (χ1n) is 7.93. The van der Waals surface area contributed by atoms with Crippen LogP contribution in [0.5, 0.6) is 0 Å². The van der Waals surface area contributed by atoms with Gasteiger partial charge in [0.1, 0.15) is 4.32 Å². The number of benzene rings is 1. The van der Waals surface area contributed by atoms with Gasteiger partial charge in [0, 0.05) is 23.6 Å². The summed E-state index contributed by atoms with van der Waals surface area (Å²) in [4.78, 5) is 14.7. The number of hydrogen-bond donors (Lipinski definition) is 0. The van der Waals surface area contributed by atoms with Crippen molar-refractivity contribution in [2.75, 3.05) is 6.54 Å². The Bertz CT molecular complexity index is 847. The number of carbonyl (C=O) groups excluding carboxylic acids is 1. The van der Waals surface area contributed by atoms with Crippen LogP contribution in [0.2, 0.25) is 0 Å². The van der Waals surface area contributed by atoms with Gasteiger partial charge in [0.2, 0.25) is 0 Å². The molecule has 1 aliphatic heterocycles. The Morgan fingerprint density at radius 3 is 2.42 bits per heavy atom. The zero-order valence-electron chi connectivity index (χ0n) is 14.3. The van der Waals surface area contributed by atoms with E-state index < -0.39 is 0 Å². The normalized spacial score (nSPS) is 16.5. The smallest absolute Gasteiger partial charge is 0.266 e. The predicted molar refractivity (Wildman–Crippen MR) is 106 cm³/mol. The van der Waals surface area contributed by atoms with Gasteiger partial charge in [-0.15, -0.1) is 0 Å². The lowest BCUT2D eigenvalue weighted by molar-refractivity contribution is -0.121. The minimum absolute atomic E-state index is 0.00707. The zero-order valence-corrected chi connectivity index (χ0v) is 15.9. The molecule has 1 amide bonds. The van der Waals surface area contributed by atoms with Crippen LogP contribution in [0.3, 0.4) is 0 Å². The van der Waals surface area contributed by atoms with E-state index >= 15 is 0 Å². The molecule has 1 aromatic carbocycles. The highest BCUT2D eigenvalue weighted by molar-refractivity contribution is 8.26. The number of likely N-dealkylation sites (N-methyl/N-ethyl adjacent to an activating group) is 1. The highest BCUT2D eigenvalue weighted by atomic mass is 32.2. The molecule has 5 heteroatoms. The van der Waals surface area contributed by atoms with Gasteiger partial charge in [0.05, 0.1) is 4.91 Å². The van der Waals surface area contributed by atoms with Gasteiger partial charge in [0.15, 0.2) is 0 Å². The standard InChI is InChI=1S/C19H20N2OS2/c1-5-20-18(22)17(24-19(20)23)11-15-10-13(3)21(14(15)4)16-8-6-12(2)7-9-16/h6-11H,5H2,1-4H3/b17-11+. The van der Waals surface area contributed by atoms with Crippen LogP contribution in [0.15, 0.2) is 35.2 Å². The maximum absolute atomic E-state index is 12.4. The molecule has 24 heavy (non-hydrogen) atoms. The van der Waals surface area contributed by atoms with Gasteiger partial charge in [-0.1, -0.05) is 41.7 Å². The summed E-state index contributed by atoms with van der Waals surface area (Å²) in [5.41, 5.74) is 5.71.